The zero-order chi connectivity index (χ0) is 17.1. The average Bonchev–Trinajstić information content (AvgIpc) is 3.02. The van der Waals surface area contributed by atoms with Gasteiger partial charge in [0.2, 0.25) is 0 Å². The predicted octanol–water partition coefficient (Wildman–Crippen LogP) is 4.74. The average molecular weight is 343 g/mol. The molecular formula is C19H18FNO2S. The molecule has 3 rings (SSSR count). The van der Waals surface area contributed by atoms with Crippen LogP contribution in [0.2, 0.25) is 0 Å². The van der Waals surface area contributed by atoms with Crippen LogP contribution in [0.15, 0.2) is 63.9 Å². The van der Waals surface area contributed by atoms with Gasteiger partial charge < -0.3 is 9.73 Å². The Morgan fingerprint density at radius 1 is 1.08 bits per heavy atom. The maximum atomic E-state index is 13.2. The Labute approximate surface area is 143 Å². The van der Waals surface area contributed by atoms with Crippen molar-refractivity contribution in [3.05, 3.63) is 71.7 Å². The first-order valence-corrected chi connectivity index (χ1v) is 9.11. The monoisotopic (exact) mass is 343 g/mol. The molecule has 0 saturated heterocycles. The van der Waals surface area contributed by atoms with Crippen LogP contribution in [0.4, 0.5) is 10.1 Å². The Kier molecular flexibility index (Phi) is 4.81. The SMILES string of the molecule is Cc1cc(F)ccc1-c1ccc(CNc2ccc(S(C)=O)cc2)o1. The van der Waals surface area contributed by atoms with Crippen molar-refractivity contribution >= 4 is 16.5 Å². The molecule has 0 bridgehead atoms. The standard InChI is InChI=1S/C19H18FNO2S/c1-13-11-14(20)3-9-18(13)19-10-6-16(23-19)12-21-15-4-7-17(8-5-15)24(2)22/h3-11,21H,12H2,1-2H3. The Morgan fingerprint density at radius 2 is 1.83 bits per heavy atom. The summed E-state index contributed by atoms with van der Waals surface area (Å²) in [7, 11) is -0.972. The molecule has 1 atom stereocenters. The third-order valence-electron chi connectivity index (χ3n) is 3.77. The van der Waals surface area contributed by atoms with E-state index in [1.165, 1.54) is 12.1 Å². The molecule has 24 heavy (non-hydrogen) atoms. The smallest absolute Gasteiger partial charge is 0.134 e. The fourth-order valence-electron chi connectivity index (χ4n) is 2.47. The van der Waals surface area contributed by atoms with E-state index >= 15 is 0 Å². The van der Waals surface area contributed by atoms with Gasteiger partial charge in [0.15, 0.2) is 0 Å². The zero-order valence-corrected chi connectivity index (χ0v) is 14.3. The number of halogens is 1. The number of hydrogen-bond donors (Lipinski definition) is 1. The molecule has 1 unspecified atom stereocenters. The topological polar surface area (TPSA) is 42.2 Å². The van der Waals surface area contributed by atoms with Crippen LogP contribution in [0.25, 0.3) is 11.3 Å². The van der Waals surface area contributed by atoms with Crippen LogP contribution in [-0.2, 0) is 17.3 Å². The van der Waals surface area contributed by atoms with Crippen LogP contribution < -0.4 is 5.32 Å². The number of furan rings is 1. The first kappa shape index (κ1) is 16.5. The summed E-state index contributed by atoms with van der Waals surface area (Å²) >= 11 is 0. The van der Waals surface area contributed by atoms with Crippen molar-refractivity contribution in [2.45, 2.75) is 18.4 Å². The van der Waals surface area contributed by atoms with Crippen molar-refractivity contribution in [1.29, 1.82) is 0 Å². The summed E-state index contributed by atoms with van der Waals surface area (Å²) in [4.78, 5) is 0.799. The summed E-state index contributed by atoms with van der Waals surface area (Å²) in [5.74, 6) is 1.26. The number of anilines is 1. The van der Waals surface area contributed by atoms with Gasteiger partial charge in [-0.1, -0.05) is 0 Å². The van der Waals surface area contributed by atoms with Crippen LogP contribution in [-0.4, -0.2) is 10.5 Å². The van der Waals surface area contributed by atoms with Gasteiger partial charge in [-0.05, 0) is 67.1 Å². The van der Waals surface area contributed by atoms with Crippen molar-refractivity contribution in [1.82, 2.24) is 0 Å². The van der Waals surface area contributed by atoms with E-state index in [9.17, 15) is 8.60 Å². The number of hydrogen-bond acceptors (Lipinski definition) is 3. The van der Waals surface area contributed by atoms with E-state index in [-0.39, 0.29) is 5.82 Å². The van der Waals surface area contributed by atoms with Crippen molar-refractivity contribution in [2.75, 3.05) is 11.6 Å². The van der Waals surface area contributed by atoms with Gasteiger partial charge in [0.1, 0.15) is 17.3 Å². The number of benzene rings is 2. The molecule has 3 aromatic rings. The van der Waals surface area contributed by atoms with E-state index in [0.717, 1.165) is 33.2 Å². The highest BCUT2D eigenvalue weighted by atomic mass is 32.2. The van der Waals surface area contributed by atoms with Crippen LogP contribution in [0.1, 0.15) is 11.3 Å². The maximum Gasteiger partial charge on any atom is 0.134 e. The number of aryl methyl sites for hydroxylation is 1. The lowest BCUT2D eigenvalue weighted by Crippen LogP contribution is -1.98. The van der Waals surface area contributed by atoms with Crippen LogP contribution >= 0.6 is 0 Å². The molecule has 1 aromatic heterocycles. The molecular weight excluding hydrogens is 325 g/mol. The van der Waals surface area contributed by atoms with Gasteiger partial charge >= 0.3 is 0 Å². The van der Waals surface area contributed by atoms with E-state index in [0.29, 0.717) is 6.54 Å². The molecule has 3 nitrogen and oxygen atoms in total. The Balaban J connectivity index is 1.69. The summed E-state index contributed by atoms with van der Waals surface area (Å²) in [5, 5.41) is 3.26. The third-order valence-corrected chi connectivity index (χ3v) is 4.70. The quantitative estimate of drug-likeness (QED) is 0.727. The van der Waals surface area contributed by atoms with Gasteiger partial charge in [-0.25, -0.2) is 4.39 Å². The van der Waals surface area contributed by atoms with Crippen LogP contribution in [0, 0.1) is 12.7 Å². The Morgan fingerprint density at radius 3 is 2.50 bits per heavy atom. The second kappa shape index (κ2) is 7.01. The Hall–Kier alpha value is -2.40. The molecule has 2 aromatic carbocycles. The molecule has 0 aliphatic carbocycles. The summed E-state index contributed by atoms with van der Waals surface area (Å²) in [6.45, 7) is 2.40. The Bertz CT molecular complexity index is 871. The van der Waals surface area contributed by atoms with E-state index < -0.39 is 10.8 Å². The summed E-state index contributed by atoms with van der Waals surface area (Å²) in [6.07, 6.45) is 1.66. The van der Waals surface area contributed by atoms with E-state index in [4.69, 9.17) is 4.42 Å². The summed E-state index contributed by atoms with van der Waals surface area (Å²) < 4.78 is 30.4. The highest BCUT2D eigenvalue weighted by Crippen LogP contribution is 2.26. The number of rotatable bonds is 5. The van der Waals surface area contributed by atoms with Gasteiger partial charge in [-0.15, -0.1) is 0 Å². The largest absolute Gasteiger partial charge is 0.459 e. The lowest BCUT2D eigenvalue weighted by atomic mass is 10.1. The van der Waals surface area contributed by atoms with Crippen molar-refractivity contribution in [2.24, 2.45) is 0 Å². The van der Waals surface area contributed by atoms with E-state index in [1.807, 2.05) is 43.3 Å². The fourth-order valence-corrected chi connectivity index (χ4v) is 2.99. The van der Waals surface area contributed by atoms with Crippen molar-refractivity contribution in [3.63, 3.8) is 0 Å². The second-order valence-electron chi connectivity index (χ2n) is 5.56. The summed E-state index contributed by atoms with van der Waals surface area (Å²) in [5.41, 5.74) is 2.66. The van der Waals surface area contributed by atoms with Gasteiger partial charge in [-0.2, -0.15) is 0 Å². The molecule has 0 amide bonds. The molecule has 1 heterocycles. The predicted molar refractivity (Wildman–Crippen MR) is 94.9 cm³/mol. The van der Waals surface area contributed by atoms with Crippen molar-refractivity contribution in [3.8, 4) is 11.3 Å². The minimum absolute atomic E-state index is 0.249. The molecule has 0 spiro atoms. The molecule has 0 aliphatic heterocycles. The summed E-state index contributed by atoms with van der Waals surface area (Å²) in [6, 6.07) is 15.9. The molecule has 1 N–H and O–H groups in total. The first-order chi connectivity index (χ1) is 11.5. The van der Waals surface area contributed by atoms with E-state index in [2.05, 4.69) is 5.32 Å². The lowest BCUT2D eigenvalue weighted by molar-refractivity contribution is 0.531. The highest BCUT2D eigenvalue weighted by Gasteiger charge is 2.08. The van der Waals surface area contributed by atoms with Gasteiger partial charge in [0.05, 0.1) is 6.54 Å². The van der Waals surface area contributed by atoms with Gasteiger partial charge in [0, 0.05) is 33.2 Å². The number of nitrogens with one attached hydrogen (secondary N) is 1. The van der Waals surface area contributed by atoms with Crippen molar-refractivity contribution < 1.29 is 13.0 Å². The molecule has 124 valence electrons. The first-order valence-electron chi connectivity index (χ1n) is 7.55. The lowest BCUT2D eigenvalue weighted by Gasteiger charge is -2.06. The second-order valence-corrected chi connectivity index (χ2v) is 6.94. The molecule has 0 radical (unpaired) electrons. The molecule has 0 fully saturated rings. The van der Waals surface area contributed by atoms with Crippen LogP contribution in [0.3, 0.4) is 0 Å². The van der Waals surface area contributed by atoms with Crippen LogP contribution in [0.5, 0.6) is 0 Å². The zero-order valence-electron chi connectivity index (χ0n) is 13.5. The fraction of sp³-hybridized carbons (Fsp3) is 0.158. The minimum Gasteiger partial charge on any atom is -0.459 e. The molecule has 0 aliphatic rings. The molecule has 0 saturated carbocycles. The van der Waals surface area contributed by atoms with Gasteiger partial charge in [0.25, 0.3) is 0 Å². The minimum atomic E-state index is -0.972. The highest BCUT2D eigenvalue weighted by molar-refractivity contribution is 7.84. The maximum absolute atomic E-state index is 13.2. The van der Waals surface area contributed by atoms with E-state index in [1.54, 1.807) is 12.3 Å². The third kappa shape index (κ3) is 3.74. The molecule has 5 heteroatoms. The normalized spacial score (nSPS) is 12.1. The van der Waals surface area contributed by atoms with Gasteiger partial charge in [-0.3, -0.25) is 4.21 Å².